The Morgan fingerprint density at radius 1 is 0.906 bits per heavy atom. The van der Waals surface area contributed by atoms with Crippen molar-refractivity contribution in [3.63, 3.8) is 0 Å². The number of nitrogens with zero attached hydrogens (tertiary/aromatic N) is 3. The highest BCUT2D eigenvalue weighted by Crippen LogP contribution is 2.14. The maximum Gasteiger partial charge on any atom is 0.305 e. The number of hydrogen-bond donors (Lipinski definition) is 1. The molecule has 0 bridgehead atoms. The molecule has 1 aliphatic heterocycles. The number of allylic oxidation sites excluding steroid dienone is 3. The van der Waals surface area contributed by atoms with E-state index in [2.05, 4.69) is 10.5 Å². The van der Waals surface area contributed by atoms with Crippen molar-refractivity contribution in [1.82, 2.24) is 5.01 Å². The quantitative estimate of drug-likeness (QED) is 0.645. The molecule has 1 N–H and O–H groups in total. The van der Waals surface area contributed by atoms with Crippen molar-refractivity contribution in [1.29, 1.82) is 0 Å². The molecule has 0 radical (unpaired) electrons. The third kappa shape index (κ3) is 4.70. The van der Waals surface area contributed by atoms with E-state index in [0.717, 1.165) is 11.1 Å². The van der Waals surface area contributed by atoms with Gasteiger partial charge in [0, 0.05) is 29.5 Å². The first-order valence-corrected chi connectivity index (χ1v) is 10.2. The van der Waals surface area contributed by atoms with Crippen LogP contribution < -0.4 is 10.1 Å². The molecule has 6 heteroatoms. The van der Waals surface area contributed by atoms with Crippen molar-refractivity contribution in [3.05, 3.63) is 125 Å². The molecule has 0 aliphatic carbocycles. The molecule has 1 aliphatic rings. The Bertz CT molecular complexity index is 1250. The highest BCUT2D eigenvalue weighted by Gasteiger charge is 2.23. The molecule has 6 nitrogen and oxygen atoms in total. The van der Waals surface area contributed by atoms with Crippen molar-refractivity contribution in [3.8, 4) is 0 Å². The Morgan fingerprint density at radius 2 is 1.56 bits per heavy atom. The van der Waals surface area contributed by atoms with Crippen LogP contribution >= 0.6 is 0 Å². The van der Waals surface area contributed by atoms with Crippen molar-refractivity contribution < 1.29 is 14.3 Å². The van der Waals surface area contributed by atoms with Gasteiger partial charge < -0.3 is 0 Å². The van der Waals surface area contributed by atoms with Gasteiger partial charge in [-0.1, -0.05) is 41.1 Å². The molecule has 0 spiro atoms. The standard InChI is InChI=1S/C26H22N4O2/c1-19-14-16-30(26(32)22-11-7-4-8-12-22)27-23(17-19)24-18-20(2)13-15-29(24)28-25(31)21-9-5-3-6-10-21/h3-18H,1-2H3/p+1. The second-order valence-electron chi connectivity index (χ2n) is 7.47. The number of benzene rings is 2. The van der Waals surface area contributed by atoms with E-state index >= 15 is 0 Å². The van der Waals surface area contributed by atoms with Gasteiger partial charge in [-0.05, 0) is 61.4 Å². The van der Waals surface area contributed by atoms with E-state index < -0.39 is 0 Å². The Labute approximate surface area is 186 Å². The van der Waals surface area contributed by atoms with E-state index in [1.54, 1.807) is 41.3 Å². The first-order chi connectivity index (χ1) is 15.5. The largest absolute Gasteiger partial charge is 0.305 e. The first-order valence-electron chi connectivity index (χ1n) is 10.2. The molecule has 2 amide bonds. The van der Waals surface area contributed by atoms with Crippen LogP contribution in [0.3, 0.4) is 0 Å². The fourth-order valence-electron chi connectivity index (χ4n) is 3.25. The molecule has 0 saturated carbocycles. The summed E-state index contributed by atoms with van der Waals surface area (Å²) in [6, 6.07) is 21.8. The van der Waals surface area contributed by atoms with Gasteiger partial charge in [0.15, 0.2) is 5.71 Å². The zero-order valence-electron chi connectivity index (χ0n) is 17.9. The molecule has 158 valence electrons. The summed E-state index contributed by atoms with van der Waals surface area (Å²) in [6.07, 6.45) is 7.14. The van der Waals surface area contributed by atoms with E-state index in [0.29, 0.717) is 22.5 Å². The van der Waals surface area contributed by atoms with Crippen LogP contribution in [0.5, 0.6) is 0 Å². The van der Waals surface area contributed by atoms with Gasteiger partial charge in [-0.2, -0.15) is 5.10 Å². The Morgan fingerprint density at radius 3 is 2.25 bits per heavy atom. The monoisotopic (exact) mass is 423 g/mol. The van der Waals surface area contributed by atoms with Crippen LogP contribution in [0, 0.1) is 6.92 Å². The molecule has 4 rings (SSSR count). The van der Waals surface area contributed by atoms with Crippen LogP contribution in [-0.2, 0) is 0 Å². The number of pyridine rings is 1. The average molecular weight is 423 g/mol. The molecular weight excluding hydrogens is 400 g/mol. The minimum absolute atomic E-state index is 0.241. The van der Waals surface area contributed by atoms with Crippen molar-refractivity contribution in [2.24, 2.45) is 5.10 Å². The SMILES string of the molecule is CC1=CC(c2cc(C)cc[n+]2NC(=O)c2ccccc2)=NN(C(=O)c2ccccc2)C=C1. The number of rotatable bonds is 4. The maximum absolute atomic E-state index is 13.0. The van der Waals surface area contributed by atoms with Gasteiger partial charge in [0.25, 0.3) is 11.6 Å². The Balaban J connectivity index is 1.73. The fraction of sp³-hybridized carbons (Fsp3) is 0.0769. The Hall–Kier alpha value is -4.32. The maximum atomic E-state index is 13.0. The summed E-state index contributed by atoms with van der Waals surface area (Å²) in [5.41, 5.74) is 7.12. The summed E-state index contributed by atoms with van der Waals surface area (Å²) in [6.45, 7) is 3.90. The molecule has 2 aromatic carbocycles. The molecule has 0 atom stereocenters. The number of aromatic nitrogens is 1. The van der Waals surface area contributed by atoms with Crippen molar-refractivity contribution >= 4 is 17.5 Å². The summed E-state index contributed by atoms with van der Waals surface area (Å²) in [4.78, 5) is 25.8. The third-order valence-electron chi connectivity index (χ3n) is 4.92. The molecule has 3 aromatic rings. The lowest BCUT2D eigenvalue weighted by molar-refractivity contribution is -0.642. The van der Waals surface area contributed by atoms with Gasteiger partial charge in [0.1, 0.15) is 0 Å². The third-order valence-corrected chi connectivity index (χ3v) is 4.92. The average Bonchev–Trinajstić information content (AvgIpc) is 3.02. The number of carbonyl (C=O) groups excluding carboxylic acids is 2. The molecule has 32 heavy (non-hydrogen) atoms. The zero-order chi connectivity index (χ0) is 22.5. The van der Waals surface area contributed by atoms with Crippen LogP contribution in [0.15, 0.2) is 108 Å². The lowest BCUT2D eigenvalue weighted by atomic mass is 10.1. The summed E-state index contributed by atoms with van der Waals surface area (Å²) >= 11 is 0. The Kier molecular flexibility index (Phi) is 6.03. The minimum Gasteiger partial charge on any atom is -0.267 e. The molecule has 1 aromatic heterocycles. The zero-order valence-corrected chi connectivity index (χ0v) is 17.9. The van der Waals surface area contributed by atoms with Crippen molar-refractivity contribution in [2.75, 3.05) is 5.43 Å². The predicted molar refractivity (Wildman–Crippen MR) is 124 cm³/mol. The number of nitrogens with one attached hydrogen (secondary N) is 1. The first kappa shape index (κ1) is 20.9. The highest BCUT2D eigenvalue weighted by atomic mass is 16.2. The van der Waals surface area contributed by atoms with E-state index in [4.69, 9.17) is 0 Å². The lowest BCUT2D eigenvalue weighted by Gasteiger charge is -2.13. The van der Waals surface area contributed by atoms with E-state index in [1.165, 1.54) is 5.01 Å². The summed E-state index contributed by atoms with van der Waals surface area (Å²) in [5, 5.41) is 5.94. The molecule has 0 unspecified atom stereocenters. The number of hydrogen-bond acceptors (Lipinski definition) is 3. The summed E-state index contributed by atoms with van der Waals surface area (Å²) in [5.74, 6) is -0.485. The van der Waals surface area contributed by atoms with Crippen LogP contribution in [0.4, 0.5) is 0 Å². The van der Waals surface area contributed by atoms with Crippen molar-refractivity contribution in [2.45, 2.75) is 13.8 Å². The smallest absolute Gasteiger partial charge is 0.267 e. The summed E-state index contributed by atoms with van der Waals surface area (Å²) < 4.78 is 1.63. The molecular formula is C26H23N4O2+. The highest BCUT2D eigenvalue weighted by molar-refractivity contribution is 6.08. The lowest BCUT2D eigenvalue weighted by Crippen LogP contribution is -2.52. The second kappa shape index (κ2) is 9.22. The molecule has 0 fully saturated rings. The van der Waals surface area contributed by atoms with Crippen LogP contribution in [0.1, 0.15) is 38.9 Å². The predicted octanol–water partition coefficient (Wildman–Crippen LogP) is 3.99. The topological polar surface area (TPSA) is 65.7 Å². The van der Waals surface area contributed by atoms with E-state index in [-0.39, 0.29) is 11.8 Å². The summed E-state index contributed by atoms with van der Waals surface area (Å²) in [7, 11) is 0. The van der Waals surface area contributed by atoms with Gasteiger partial charge in [-0.15, -0.1) is 5.43 Å². The van der Waals surface area contributed by atoms with Gasteiger partial charge in [-0.25, -0.2) is 5.01 Å². The van der Waals surface area contributed by atoms with Gasteiger partial charge >= 0.3 is 5.91 Å². The van der Waals surface area contributed by atoms with Gasteiger partial charge in [0.05, 0.1) is 0 Å². The van der Waals surface area contributed by atoms with E-state index in [9.17, 15) is 9.59 Å². The van der Waals surface area contributed by atoms with E-state index in [1.807, 2.05) is 74.5 Å². The second-order valence-corrected chi connectivity index (χ2v) is 7.47. The van der Waals surface area contributed by atoms with Crippen LogP contribution in [0.25, 0.3) is 0 Å². The molecule has 0 saturated heterocycles. The fourth-order valence-corrected chi connectivity index (χ4v) is 3.25. The number of carbonyl (C=O) groups is 2. The van der Waals surface area contributed by atoms with Crippen LogP contribution in [0.2, 0.25) is 0 Å². The number of aryl methyl sites for hydroxylation is 1. The minimum atomic E-state index is -0.244. The number of hydrazone groups is 1. The van der Waals surface area contributed by atoms with Crippen LogP contribution in [-0.4, -0.2) is 22.5 Å². The normalized spacial score (nSPS) is 13.1. The van der Waals surface area contributed by atoms with Gasteiger partial charge in [-0.3, -0.25) is 9.59 Å². The van der Waals surface area contributed by atoms with Gasteiger partial charge in [0.2, 0.25) is 6.20 Å². The molecule has 2 heterocycles. The number of amides is 2.